The molecular weight excluding hydrogens is 166 g/mol. The Morgan fingerprint density at radius 3 is 3.00 bits per heavy atom. The highest BCUT2D eigenvalue weighted by Crippen LogP contribution is 2.00. The molecule has 13 heavy (non-hydrogen) atoms. The van der Waals surface area contributed by atoms with E-state index in [-0.39, 0.29) is 6.54 Å². The van der Waals surface area contributed by atoms with Gasteiger partial charge in [0.2, 0.25) is 0 Å². The molecule has 68 valence electrons. The third-order valence-corrected chi connectivity index (χ3v) is 1.51. The number of nitrogens with zero attached hydrogens (tertiary/aromatic N) is 1. The lowest BCUT2D eigenvalue weighted by molar-refractivity contribution is -0.135. The van der Waals surface area contributed by atoms with Gasteiger partial charge in [-0.3, -0.25) is 9.79 Å². The zero-order valence-corrected chi connectivity index (χ0v) is 7.40. The Morgan fingerprint density at radius 2 is 2.38 bits per heavy atom. The molecule has 0 amide bonds. The molecule has 1 aromatic carbocycles. The summed E-state index contributed by atoms with van der Waals surface area (Å²) in [6.07, 6.45) is 1.57. The number of aryl methyl sites for hydroxylation is 1. The lowest BCUT2D eigenvalue weighted by Gasteiger charge is -1.93. The van der Waals surface area contributed by atoms with Crippen molar-refractivity contribution in [3.8, 4) is 0 Å². The summed E-state index contributed by atoms with van der Waals surface area (Å²) in [5, 5.41) is 8.33. The minimum Gasteiger partial charge on any atom is -0.480 e. The second-order valence-electron chi connectivity index (χ2n) is 2.78. The van der Waals surface area contributed by atoms with Gasteiger partial charge in [-0.15, -0.1) is 0 Å². The molecule has 0 aliphatic rings. The third-order valence-electron chi connectivity index (χ3n) is 1.51. The highest BCUT2D eigenvalue weighted by Gasteiger charge is 1.91. The number of hydrogen-bond acceptors (Lipinski definition) is 2. The number of aliphatic carboxylic acids is 1. The Hall–Kier alpha value is -1.64. The lowest BCUT2D eigenvalue weighted by atomic mass is 10.2. The predicted molar refractivity (Wildman–Crippen MR) is 51.3 cm³/mol. The summed E-state index contributed by atoms with van der Waals surface area (Å²) in [5.74, 6) is -0.913. The molecule has 1 aromatic rings. The van der Waals surface area contributed by atoms with Gasteiger partial charge < -0.3 is 5.11 Å². The average molecular weight is 177 g/mol. The van der Waals surface area contributed by atoms with E-state index in [9.17, 15) is 4.79 Å². The molecule has 0 aromatic heterocycles. The molecule has 3 heteroatoms. The fourth-order valence-corrected chi connectivity index (χ4v) is 0.980. The van der Waals surface area contributed by atoms with Crippen molar-refractivity contribution in [3.63, 3.8) is 0 Å². The number of rotatable bonds is 3. The van der Waals surface area contributed by atoms with E-state index in [1.807, 2.05) is 31.2 Å². The van der Waals surface area contributed by atoms with E-state index in [1.54, 1.807) is 6.21 Å². The van der Waals surface area contributed by atoms with E-state index >= 15 is 0 Å². The molecule has 0 radical (unpaired) electrons. The second-order valence-corrected chi connectivity index (χ2v) is 2.78. The highest BCUT2D eigenvalue weighted by atomic mass is 16.4. The van der Waals surface area contributed by atoms with Crippen molar-refractivity contribution in [2.24, 2.45) is 4.99 Å². The molecule has 0 aliphatic carbocycles. The monoisotopic (exact) mass is 177 g/mol. The summed E-state index contributed by atoms with van der Waals surface area (Å²) in [6, 6.07) is 7.73. The molecule has 0 heterocycles. The maximum Gasteiger partial charge on any atom is 0.325 e. The van der Waals surface area contributed by atoms with Gasteiger partial charge in [0.25, 0.3) is 0 Å². The maximum atomic E-state index is 10.1. The van der Waals surface area contributed by atoms with Gasteiger partial charge in [0.15, 0.2) is 0 Å². The number of aliphatic imine (C=N–C) groups is 1. The van der Waals surface area contributed by atoms with Crippen LogP contribution in [0.4, 0.5) is 0 Å². The fourth-order valence-electron chi connectivity index (χ4n) is 0.980. The second kappa shape index (κ2) is 4.40. The van der Waals surface area contributed by atoms with Gasteiger partial charge >= 0.3 is 5.97 Å². The van der Waals surface area contributed by atoms with Crippen LogP contribution in [0.15, 0.2) is 29.3 Å². The summed E-state index contributed by atoms with van der Waals surface area (Å²) in [5.41, 5.74) is 2.07. The molecule has 0 atom stereocenters. The molecule has 1 N–H and O–H groups in total. The van der Waals surface area contributed by atoms with E-state index in [2.05, 4.69) is 4.99 Å². The van der Waals surface area contributed by atoms with Crippen LogP contribution < -0.4 is 0 Å². The summed E-state index contributed by atoms with van der Waals surface area (Å²) in [6.45, 7) is 1.81. The number of carbonyl (C=O) groups is 1. The van der Waals surface area contributed by atoms with Gasteiger partial charge in [0, 0.05) is 6.21 Å². The standard InChI is InChI=1S/C10H11NO2/c1-8-3-2-4-9(5-8)6-11-7-10(12)13/h2-6H,7H2,1H3,(H,12,13). The Bertz CT molecular complexity index is 331. The number of hydrogen-bond donors (Lipinski definition) is 1. The van der Waals surface area contributed by atoms with Crippen LogP contribution in [0.2, 0.25) is 0 Å². The van der Waals surface area contributed by atoms with E-state index in [4.69, 9.17) is 5.11 Å². The normalized spacial score (nSPS) is 10.5. The quantitative estimate of drug-likeness (QED) is 0.711. The molecule has 0 fully saturated rings. The first-order valence-electron chi connectivity index (χ1n) is 3.97. The smallest absolute Gasteiger partial charge is 0.325 e. The Balaban J connectivity index is 2.63. The zero-order chi connectivity index (χ0) is 9.68. The van der Waals surface area contributed by atoms with E-state index in [0.29, 0.717) is 0 Å². The van der Waals surface area contributed by atoms with Crippen molar-refractivity contribution in [1.29, 1.82) is 0 Å². The number of carboxylic acids is 1. The Kier molecular flexibility index (Phi) is 3.20. The first-order chi connectivity index (χ1) is 6.18. The molecule has 0 spiro atoms. The van der Waals surface area contributed by atoms with Crippen LogP contribution >= 0.6 is 0 Å². The van der Waals surface area contributed by atoms with Crippen LogP contribution in [0.3, 0.4) is 0 Å². The van der Waals surface area contributed by atoms with Crippen LogP contribution in [0, 0.1) is 6.92 Å². The van der Waals surface area contributed by atoms with Crippen molar-refractivity contribution >= 4 is 12.2 Å². The molecular formula is C10H11NO2. The molecule has 0 unspecified atom stereocenters. The van der Waals surface area contributed by atoms with Crippen molar-refractivity contribution in [3.05, 3.63) is 35.4 Å². The first kappa shape index (κ1) is 9.45. The maximum absolute atomic E-state index is 10.1. The SMILES string of the molecule is Cc1cccc(C=NCC(=O)O)c1. The van der Waals surface area contributed by atoms with Crippen molar-refractivity contribution in [2.45, 2.75) is 6.92 Å². The number of benzene rings is 1. The minimum atomic E-state index is -0.913. The predicted octanol–water partition coefficient (Wildman–Crippen LogP) is 1.50. The van der Waals surface area contributed by atoms with Gasteiger partial charge in [0.05, 0.1) is 0 Å². The van der Waals surface area contributed by atoms with Crippen molar-refractivity contribution in [2.75, 3.05) is 6.54 Å². The average Bonchev–Trinajstić information content (AvgIpc) is 2.03. The van der Waals surface area contributed by atoms with Crippen LogP contribution in [0.5, 0.6) is 0 Å². The molecule has 0 saturated carbocycles. The lowest BCUT2D eigenvalue weighted by Crippen LogP contribution is -1.99. The number of carboxylic acid groups (broad SMARTS) is 1. The molecule has 0 aliphatic heterocycles. The van der Waals surface area contributed by atoms with Crippen LogP contribution in [-0.2, 0) is 4.79 Å². The summed E-state index contributed by atoms with van der Waals surface area (Å²) in [4.78, 5) is 13.9. The Labute approximate surface area is 76.7 Å². The van der Waals surface area contributed by atoms with E-state index in [0.717, 1.165) is 11.1 Å². The summed E-state index contributed by atoms with van der Waals surface area (Å²) in [7, 11) is 0. The van der Waals surface area contributed by atoms with E-state index in [1.165, 1.54) is 0 Å². The van der Waals surface area contributed by atoms with Gasteiger partial charge in [-0.2, -0.15) is 0 Å². The van der Waals surface area contributed by atoms with Gasteiger partial charge in [-0.25, -0.2) is 0 Å². The Morgan fingerprint density at radius 1 is 1.62 bits per heavy atom. The first-order valence-corrected chi connectivity index (χ1v) is 3.97. The van der Waals surface area contributed by atoms with Gasteiger partial charge in [-0.1, -0.05) is 29.8 Å². The highest BCUT2D eigenvalue weighted by molar-refractivity contribution is 5.82. The summed E-state index contributed by atoms with van der Waals surface area (Å²) >= 11 is 0. The molecule has 3 nitrogen and oxygen atoms in total. The molecule has 0 bridgehead atoms. The topological polar surface area (TPSA) is 49.7 Å². The van der Waals surface area contributed by atoms with Crippen molar-refractivity contribution in [1.82, 2.24) is 0 Å². The minimum absolute atomic E-state index is 0.173. The fraction of sp³-hybridized carbons (Fsp3) is 0.200. The van der Waals surface area contributed by atoms with E-state index < -0.39 is 5.97 Å². The van der Waals surface area contributed by atoms with Crippen LogP contribution in [0.1, 0.15) is 11.1 Å². The summed E-state index contributed by atoms with van der Waals surface area (Å²) < 4.78 is 0. The molecule has 1 rings (SSSR count). The molecule has 0 saturated heterocycles. The zero-order valence-electron chi connectivity index (χ0n) is 7.40. The van der Waals surface area contributed by atoms with Gasteiger partial charge in [0.1, 0.15) is 6.54 Å². The third kappa shape index (κ3) is 3.51. The van der Waals surface area contributed by atoms with Crippen LogP contribution in [0.25, 0.3) is 0 Å². The van der Waals surface area contributed by atoms with Gasteiger partial charge in [-0.05, 0) is 12.5 Å². The van der Waals surface area contributed by atoms with Crippen LogP contribution in [-0.4, -0.2) is 23.8 Å². The largest absolute Gasteiger partial charge is 0.480 e. The van der Waals surface area contributed by atoms with Crippen molar-refractivity contribution < 1.29 is 9.90 Å².